The fourth-order valence-electron chi connectivity index (χ4n) is 1.67. The van der Waals surface area contributed by atoms with Crippen LogP contribution in [0.15, 0.2) is 18.2 Å². The third-order valence-corrected chi connectivity index (χ3v) is 3.40. The van der Waals surface area contributed by atoms with Crippen LogP contribution in [0, 0.1) is 11.7 Å². The molecule has 18 heavy (non-hydrogen) atoms. The molecule has 0 spiro atoms. The lowest BCUT2D eigenvalue weighted by Crippen LogP contribution is -2.31. The van der Waals surface area contributed by atoms with Crippen LogP contribution in [0.4, 0.5) is 4.39 Å². The fourth-order valence-corrected chi connectivity index (χ4v) is 1.67. The lowest BCUT2D eigenvalue weighted by atomic mass is 10.0. The molecular formula is C14H20FNO2. The number of nitrogens with one attached hydrogen (secondary N) is 1. The van der Waals surface area contributed by atoms with E-state index in [9.17, 15) is 9.18 Å². The number of carboxylic acids is 1. The highest BCUT2D eigenvalue weighted by atomic mass is 19.1. The van der Waals surface area contributed by atoms with E-state index in [0.29, 0.717) is 18.0 Å². The van der Waals surface area contributed by atoms with Gasteiger partial charge >= 0.3 is 5.97 Å². The van der Waals surface area contributed by atoms with E-state index in [1.165, 1.54) is 18.2 Å². The van der Waals surface area contributed by atoms with Crippen LogP contribution in [0.1, 0.15) is 43.1 Å². The van der Waals surface area contributed by atoms with Gasteiger partial charge in [-0.15, -0.1) is 0 Å². The zero-order valence-electron chi connectivity index (χ0n) is 11.0. The molecule has 0 amide bonds. The monoisotopic (exact) mass is 253 g/mol. The summed E-state index contributed by atoms with van der Waals surface area (Å²) in [5, 5.41) is 12.1. The normalized spacial score (nSPS) is 14.2. The summed E-state index contributed by atoms with van der Waals surface area (Å²) in [5.74, 6) is -0.911. The van der Waals surface area contributed by atoms with Gasteiger partial charge in [0.1, 0.15) is 5.82 Å². The van der Waals surface area contributed by atoms with Crippen LogP contribution in [0.5, 0.6) is 0 Å². The average molecular weight is 253 g/mol. The van der Waals surface area contributed by atoms with Gasteiger partial charge < -0.3 is 10.4 Å². The number of carbonyl (C=O) groups is 1. The number of hydrogen-bond donors (Lipinski definition) is 2. The highest BCUT2D eigenvalue weighted by Crippen LogP contribution is 2.13. The molecule has 100 valence electrons. The Hall–Kier alpha value is -1.42. The van der Waals surface area contributed by atoms with Crippen molar-refractivity contribution in [3.63, 3.8) is 0 Å². The van der Waals surface area contributed by atoms with Crippen molar-refractivity contribution < 1.29 is 14.3 Å². The van der Waals surface area contributed by atoms with Crippen LogP contribution in [-0.2, 0) is 6.54 Å². The molecule has 0 heterocycles. The summed E-state index contributed by atoms with van der Waals surface area (Å²) < 4.78 is 13.5. The first kappa shape index (κ1) is 14.6. The van der Waals surface area contributed by atoms with Gasteiger partial charge in [-0.1, -0.05) is 20.3 Å². The van der Waals surface area contributed by atoms with Crippen molar-refractivity contribution in [3.8, 4) is 0 Å². The Labute approximate surface area is 107 Å². The van der Waals surface area contributed by atoms with Gasteiger partial charge in [-0.05, 0) is 31.0 Å². The maximum atomic E-state index is 13.5. The molecule has 1 aromatic rings. The van der Waals surface area contributed by atoms with Crippen molar-refractivity contribution in [1.82, 2.24) is 5.32 Å². The van der Waals surface area contributed by atoms with Gasteiger partial charge in [-0.25, -0.2) is 9.18 Å². The SMILES string of the molecule is CCC(C)C(C)NCc1cc(C(=O)O)ccc1F. The third-order valence-electron chi connectivity index (χ3n) is 3.40. The molecule has 0 aliphatic rings. The number of carboxylic acid groups (broad SMARTS) is 1. The van der Waals surface area contributed by atoms with Gasteiger partial charge in [0.05, 0.1) is 5.56 Å². The smallest absolute Gasteiger partial charge is 0.335 e. The number of halogens is 1. The predicted molar refractivity (Wildman–Crippen MR) is 69.1 cm³/mol. The van der Waals surface area contributed by atoms with Crippen LogP contribution < -0.4 is 5.32 Å². The van der Waals surface area contributed by atoms with E-state index in [-0.39, 0.29) is 17.4 Å². The first-order valence-corrected chi connectivity index (χ1v) is 6.20. The van der Waals surface area contributed by atoms with Gasteiger partial charge in [0, 0.05) is 18.2 Å². The molecular weight excluding hydrogens is 233 g/mol. The topological polar surface area (TPSA) is 49.3 Å². The quantitative estimate of drug-likeness (QED) is 0.819. The Morgan fingerprint density at radius 2 is 2.11 bits per heavy atom. The van der Waals surface area contributed by atoms with Crippen LogP contribution in [0.25, 0.3) is 0 Å². The average Bonchev–Trinajstić information content (AvgIpc) is 2.36. The van der Waals surface area contributed by atoms with Crippen molar-refractivity contribution in [1.29, 1.82) is 0 Å². The maximum absolute atomic E-state index is 13.5. The number of rotatable bonds is 6. The van der Waals surface area contributed by atoms with E-state index < -0.39 is 5.97 Å². The molecule has 3 nitrogen and oxygen atoms in total. The lowest BCUT2D eigenvalue weighted by Gasteiger charge is -2.20. The van der Waals surface area contributed by atoms with Crippen molar-refractivity contribution in [2.45, 2.75) is 39.8 Å². The molecule has 0 fully saturated rings. The largest absolute Gasteiger partial charge is 0.478 e. The molecule has 0 aromatic heterocycles. The molecule has 0 saturated heterocycles. The summed E-state index contributed by atoms with van der Waals surface area (Å²) in [5.41, 5.74) is 0.509. The van der Waals surface area contributed by atoms with E-state index in [0.717, 1.165) is 6.42 Å². The highest BCUT2D eigenvalue weighted by Gasteiger charge is 2.12. The zero-order valence-corrected chi connectivity index (χ0v) is 11.0. The molecule has 2 atom stereocenters. The van der Waals surface area contributed by atoms with E-state index in [1.807, 2.05) is 6.92 Å². The first-order chi connectivity index (χ1) is 8.45. The fraction of sp³-hybridized carbons (Fsp3) is 0.500. The molecule has 2 unspecified atom stereocenters. The minimum atomic E-state index is -1.04. The molecule has 1 aromatic carbocycles. The third kappa shape index (κ3) is 3.81. The zero-order chi connectivity index (χ0) is 13.7. The Morgan fingerprint density at radius 1 is 1.44 bits per heavy atom. The maximum Gasteiger partial charge on any atom is 0.335 e. The summed E-state index contributed by atoms with van der Waals surface area (Å²) in [7, 11) is 0. The van der Waals surface area contributed by atoms with Crippen molar-refractivity contribution >= 4 is 5.97 Å². The van der Waals surface area contributed by atoms with Crippen LogP contribution in [0.2, 0.25) is 0 Å². The van der Waals surface area contributed by atoms with E-state index in [4.69, 9.17) is 5.11 Å². The van der Waals surface area contributed by atoms with E-state index in [2.05, 4.69) is 19.2 Å². The Bertz CT molecular complexity index is 420. The van der Waals surface area contributed by atoms with Crippen molar-refractivity contribution in [3.05, 3.63) is 35.1 Å². The second-order valence-corrected chi connectivity index (χ2v) is 4.67. The van der Waals surface area contributed by atoms with Gasteiger partial charge in [0.2, 0.25) is 0 Å². The second-order valence-electron chi connectivity index (χ2n) is 4.67. The van der Waals surface area contributed by atoms with Crippen LogP contribution >= 0.6 is 0 Å². The van der Waals surface area contributed by atoms with E-state index in [1.54, 1.807) is 0 Å². The minimum absolute atomic E-state index is 0.115. The number of hydrogen-bond acceptors (Lipinski definition) is 2. The molecule has 0 bridgehead atoms. The van der Waals surface area contributed by atoms with Gasteiger partial charge in [-0.2, -0.15) is 0 Å². The summed E-state index contributed by atoms with van der Waals surface area (Å²) >= 11 is 0. The standard InChI is InChI=1S/C14H20FNO2/c1-4-9(2)10(3)16-8-12-7-11(14(17)18)5-6-13(12)15/h5-7,9-10,16H,4,8H2,1-3H3,(H,17,18). The summed E-state index contributed by atoms with van der Waals surface area (Å²) in [6, 6.07) is 4.13. The van der Waals surface area contributed by atoms with Crippen molar-refractivity contribution in [2.75, 3.05) is 0 Å². The summed E-state index contributed by atoms with van der Waals surface area (Å²) in [4.78, 5) is 10.8. The number of aromatic carboxylic acids is 1. The Kier molecular flexibility index (Phi) is 5.28. The second kappa shape index (κ2) is 6.50. The first-order valence-electron chi connectivity index (χ1n) is 6.20. The minimum Gasteiger partial charge on any atom is -0.478 e. The lowest BCUT2D eigenvalue weighted by molar-refractivity contribution is 0.0696. The molecule has 4 heteroatoms. The molecule has 1 rings (SSSR count). The molecule has 0 radical (unpaired) electrons. The van der Waals surface area contributed by atoms with Crippen LogP contribution in [-0.4, -0.2) is 17.1 Å². The molecule has 0 aliphatic heterocycles. The van der Waals surface area contributed by atoms with Gasteiger partial charge in [0.15, 0.2) is 0 Å². The Morgan fingerprint density at radius 3 is 2.67 bits per heavy atom. The predicted octanol–water partition coefficient (Wildman–Crippen LogP) is 3.05. The molecule has 0 aliphatic carbocycles. The molecule has 2 N–H and O–H groups in total. The highest BCUT2D eigenvalue weighted by molar-refractivity contribution is 5.87. The van der Waals surface area contributed by atoms with Gasteiger partial charge in [0.25, 0.3) is 0 Å². The Balaban J connectivity index is 2.72. The van der Waals surface area contributed by atoms with E-state index >= 15 is 0 Å². The van der Waals surface area contributed by atoms with Gasteiger partial charge in [-0.3, -0.25) is 0 Å². The van der Waals surface area contributed by atoms with Crippen LogP contribution in [0.3, 0.4) is 0 Å². The summed E-state index contributed by atoms with van der Waals surface area (Å²) in [6.07, 6.45) is 1.05. The number of benzene rings is 1. The summed E-state index contributed by atoms with van der Waals surface area (Å²) in [6.45, 7) is 6.63. The van der Waals surface area contributed by atoms with Crippen molar-refractivity contribution in [2.24, 2.45) is 5.92 Å². The molecule has 0 saturated carbocycles.